The average molecular weight is 401 g/mol. The third-order valence-corrected chi connectivity index (χ3v) is 4.77. The molecule has 1 aliphatic rings. The first-order chi connectivity index (χ1) is 14.1. The molecule has 158 valence electrons. The molecule has 8 heteroatoms. The maximum Gasteiger partial charge on any atom is 0.191 e. The molecular weight excluding hydrogens is 368 g/mol. The minimum Gasteiger partial charge on any atom is -0.387 e. The van der Waals surface area contributed by atoms with Crippen LogP contribution < -0.4 is 10.6 Å². The number of aliphatic hydroxyl groups is 1. The molecule has 2 heterocycles. The van der Waals surface area contributed by atoms with Crippen molar-refractivity contribution in [1.82, 2.24) is 25.3 Å². The Labute approximate surface area is 172 Å². The molecule has 1 fully saturated rings. The van der Waals surface area contributed by atoms with Gasteiger partial charge in [-0.1, -0.05) is 12.1 Å². The third-order valence-electron chi connectivity index (χ3n) is 4.77. The Morgan fingerprint density at radius 2 is 2.00 bits per heavy atom. The van der Waals surface area contributed by atoms with E-state index in [2.05, 4.69) is 37.8 Å². The molecule has 0 saturated carbocycles. The number of morpholine rings is 1. The molecule has 2 aromatic rings. The van der Waals surface area contributed by atoms with E-state index in [0.29, 0.717) is 25.6 Å². The number of ether oxygens (including phenoxy) is 1. The summed E-state index contributed by atoms with van der Waals surface area (Å²) in [6.07, 6.45) is 3.68. The van der Waals surface area contributed by atoms with Gasteiger partial charge in [-0.15, -0.1) is 0 Å². The van der Waals surface area contributed by atoms with Crippen molar-refractivity contribution >= 4 is 5.96 Å². The van der Waals surface area contributed by atoms with E-state index < -0.39 is 5.60 Å². The molecule has 0 spiro atoms. The molecule has 0 amide bonds. The Hall–Kier alpha value is -2.42. The zero-order valence-corrected chi connectivity index (χ0v) is 17.3. The van der Waals surface area contributed by atoms with E-state index in [1.807, 2.05) is 42.9 Å². The van der Waals surface area contributed by atoms with Crippen LogP contribution in [0.4, 0.5) is 0 Å². The molecule has 8 nitrogen and oxygen atoms in total. The van der Waals surface area contributed by atoms with E-state index >= 15 is 0 Å². The van der Waals surface area contributed by atoms with Crippen molar-refractivity contribution in [2.75, 3.05) is 45.9 Å². The molecule has 1 aromatic heterocycles. The Balaban J connectivity index is 1.53. The van der Waals surface area contributed by atoms with Crippen molar-refractivity contribution in [1.29, 1.82) is 0 Å². The molecule has 1 aromatic carbocycles. The Kier molecular flexibility index (Phi) is 7.62. The number of guanidine groups is 1. The molecule has 29 heavy (non-hydrogen) atoms. The maximum atomic E-state index is 10.8. The standard InChI is InChI=1S/C21H32N6O2/c1-3-22-20(24-16-21(2,28)17-26-11-13-29-14-12-26)23-15-18-5-7-19(8-6-18)27-10-4-9-25-27/h4-10,28H,3,11-17H2,1-2H3,(H2,22,23,24). The van der Waals surface area contributed by atoms with Gasteiger partial charge in [0.2, 0.25) is 0 Å². The molecule has 1 aliphatic heterocycles. The van der Waals surface area contributed by atoms with Crippen LogP contribution in [0.25, 0.3) is 5.69 Å². The zero-order valence-electron chi connectivity index (χ0n) is 17.3. The lowest BCUT2D eigenvalue weighted by atomic mass is 10.1. The third kappa shape index (κ3) is 6.85. The minimum absolute atomic E-state index is 0.425. The van der Waals surface area contributed by atoms with E-state index in [0.717, 1.165) is 44.1 Å². The second kappa shape index (κ2) is 10.4. The van der Waals surface area contributed by atoms with E-state index in [9.17, 15) is 5.11 Å². The van der Waals surface area contributed by atoms with Gasteiger partial charge >= 0.3 is 0 Å². The number of nitrogens with zero attached hydrogens (tertiary/aromatic N) is 4. The predicted octanol–water partition coefficient (Wildman–Crippen LogP) is 1.01. The highest BCUT2D eigenvalue weighted by atomic mass is 16.5. The second-order valence-corrected chi connectivity index (χ2v) is 7.55. The number of nitrogens with one attached hydrogen (secondary N) is 2. The molecule has 3 N–H and O–H groups in total. The Morgan fingerprint density at radius 1 is 1.24 bits per heavy atom. The largest absolute Gasteiger partial charge is 0.387 e. The van der Waals surface area contributed by atoms with Gasteiger partial charge in [0.05, 0.1) is 31.0 Å². The molecule has 1 unspecified atom stereocenters. The number of aliphatic imine (C=N–C) groups is 1. The van der Waals surface area contributed by atoms with Crippen LogP contribution in [0.5, 0.6) is 0 Å². The lowest BCUT2D eigenvalue weighted by molar-refractivity contribution is -0.0201. The SMILES string of the molecule is CCNC(=NCc1ccc(-n2cccn2)cc1)NCC(C)(O)CN1CCOCC1. The van der Waals surface area contributed by atoms with Gasteiger partial charge in [0.1, 0.15) is 0 Å². The van der Waals surface area contributed by atoms with Crippen LogP contribution in [-0.4, -0.2) is 77.3 Å². The zero-order chi connectivity index (χ0) is 20.5. The summed E-state index contributed by atoms with van der Waals surface area (Å²) >= 11 is 0. The monoisotopic (exact) mass is 400 g/mol. The van der Waals surface area contributed by atoms with E-state index in [1.54, 1.807) is 6.20 Å². The molecule has 0 bridgehead atoms. The van der Waals surface area contributed by atoms with Crippen LogP contribution in [0, 0.1) is 0 Å². The Morgan fingerprint density at radius 3 is 2.66 bits per heavy atom. The first-order valence-corrected chi connectivity index (χ1v) is 10.2. The summed E-state index contributed by atoms with van der Waals surface area (Å²) in [7, 11) is 0. The fraction of sp³-hybridized carbons (Fsp3) is 0.524. The summed E-state index contributed by atoms with van der Waals surface area (Å²) in [6.45, 7) is 9.41. The molecule has 1 saturated heterocycles. The fourth-order valence-electron chi connectivity index (χ4n) is 3.26. The van der Waals surface area contributed by atoms with Gasteiger partial charge in [-0.2, -0.15) is 5.10 Å². The van der Waals surface area contributed by atoms with Crippen LogP contribution in [0.15, 0.2) is 47.7 Å². The van der Waals surface area contributed by atoms with Crippen LogP contribution in [0.3, 0.4) is 0 Å². The number of aromatic nitrogens is 2. The molecular formula is C21H32N6O2. The average Bonchev–Trinajstić information content (AvgIpc) is 3.26. The maximum absolute atomic E-state index is 10.8. The van der Waals surface area contributed by atoms with Gasteiger partial charge in [0, 0.05) is 45.1 Å². The van der Waals surface area contributed by atoms with Gasteiger partial charge in [-0.05, 0) is 37.6 Å². The first-order valence-electron chi connectivity index (χ1n) is 10.2. The molecule has 1 atom stereocenters. The van der Waals surface area contributed by atoms with Gasteiger partial charge in [-0.3, -0.25) is 4.90 Å². The molecule has 0 aliphatic carbocycles. The van der Waals surface area contributed by atoms with Gasteiger partial charge in [0.15, 0.2) is 5.96 Å². The van der Waals surface area contributed by atoms with Crippen molar-refractivity contribution in [2.45, 2.75) is 26.0 Å². The lowest BCUT2D eigenvalue weighted by Crippen LogP contribution is -2.52. The van der Waals surface area contributed by atoms with Crippen LogP contribution in [-0.2, 0) is 11.3 Å². The summed E-state index contributed by atoms with van der Waals surface area (Å²) in [4.78, 5) is 6.89. The number of β-amino-alcohol motifs (C(OH)–C–C–N with tert-alkyl or cyclic N) is 1. The summed E-state index contributed by atoms with van der Waals surface area (Å²) < 4.78 is 7.20. The Bertz CT molecular complexity index is 752. The normalized spacial score (nSPS) is 17.7. The summed E-state index contributed by atoms with van der Waals surface area (Å²) in [5.74, 6) is 0.700. The molecule has 0 radical (unpaired) electrons. The number of benzene rings is 1. The summed E-state index contributed by atoms with van der Waals surface area (Å²) in [5.41, 5.74) is 1.28. The van der Waals surface area contributed by atoms with Crippen molar-refractivity contribution in [3.8, 4) is 5.69 Å². The minimum atomic E-state index is -0.848. The van der Waals surface area contributed by atoms with E-state index in [4.69, 9.17) is 4.74 Å². The van der Waals surface area contributed by atoms with E-state index in [1.165, 1.54) is 0 Å². The van der Waals surface area contributed by atoms with Gasteiger partial charge in [-0.25, -0.2) is 9.67 Å². The van der Waals surface area contributed by atoms with Crippen molar-refractivity contribution in [3.05, 3.63) is 48.3 Å². The highest BCUT2D eigenvalue weighted by Gasteiger charge is 2.25. The quantitative estimate of drug-likeness (QED) is 0.453. The molecule has 3 rings (SSSR count). The topological polar surface area (TPSA) is 86.9 Å². The number of hydrogen-bond donors (Lipinski definition) is 3. The number of hydrogen-bond acceptors (Lipinski definition) is 5. The van der Waals surface area contributed by atoms with Gasteiger partial charge in [0.25, 0.3) is 0 Å². The van der Waals surface area contributed by atoms with Crippen LogP contribution in [0.2, 0.25) is 0 Å². The summed E-state index contributed by atoms with van der Waals surface area (Å²) in [6, 6.07) is 10.1. The highest BCUT2D eigenvalue weighted by molar-refractivity contribution is 5.79. The van der Waals surface area contributed by atoms with Crippen molar-refractivity contribution in [2.24, 2.45) is 4.99 Å². The lowest BCUT2D eigenvalue weighted by Gasteiger charge is -2.34. The van der Waals surface area contributed by atoms with Crippen molar-refractivity contribution in [3.63, 3.8) is 0 Å². The number of rotatable bonds is 8. The highest BCUT2D eigenvalue weighted by Crippen LogP contribution is 2.10. The fourth-order valence-corrected chi connectivity index (χ4v) is 3.26. The van der Waals surface area contributed by atoms with Crippen molar-refractivity contribution < 1.29 is 9.84 Å². The smallest absolute Gasteiger partial charge is 0.191 e. The van der Waals surface area contributed by atoms with E-state index in [-0.39, 0.29) is 0 Å². The predicted molar refractivity (Wildman–Crippen MR) is 114 cm³/mol. The van der Waals surface area contributed by atoms with Gasteiger partial charge < -0.3 is 20.5 Å². The second-order valence-electron chi connectivity index (χ2n) is 7.55. The summed E-state index contributed by atoms with van der Waals surface area (Å²) in [5, 5.41) is 21.5. The first kappa shape index (κ1) is 21.3. The van der Waals surface area contributed by atoms with Crippen LogP contribution >= 0.6 is 0 Å². The van der Waals surface area contributed by atoms with Crippen LogP contribution in [0.1, 0.15) is 19.4 Å².